The topological polar surface area (TPSA) is 72.2 Å². The minimum absolute atomic E-state index is 0.124. The molecule has 20 heavy (non-hydrogen) atoms. The fraction of sp³-hybridized carbons (Fsp3) is 0.143. The number of benzene rings is 2. The number of nitrogens with one attached hydrogen (secondary N) is 1. The van der Waals surface area contributed by atoms with Crippen molar-refractivity contribution < 1.29 is 12.8 Å². The molecule has 0 aliphatic heterocycles. The maximum Gasteiger partial charge on any atom is 0.262 e. The van der Waals surface area contributed by atoms with E-state index in [-0.39, 0.29) is 16.3 Å². The molecule has 0 aliphatic carbocycles. The molecule has 0 aliphatic rings. The van der Waals surface area contributed by atoms with Crippen LogP contribution in [0.25, 0.3) is 0 Å². The van der Waals surface area contributed by atoms with E-state index in [2.05, 4.69) is 4.72 Å². The van der Waals surface area contributed by atoms with Crippen LogP contribution in [0.4, 0.5) is 15.8 Å². The summed E-state index contributed by atoms with van der Waals surface area (Å²) in [7, 11) is -3.83. The molecule has 0 heterocycles. The molecule has 0 amide bonds. The molecule has 2 aromatic rings. The second-order valence-electron chi connectivity index (χ2n) is 4.61. The van der Waals surface area contributed by atoms with Crippen molar-refractivity contribution in [3.05, 3.63) is 53.3 Å². The Morgan fingerprint density at radius 3 is 2.40 bits per heavy atom. The summed E-state index contributed by atoms with van der Waals surface area (Å²) in [6.45, 7) is 3.57. The zero-order valence-electron chi connectivity index (χ0n) is 11.1. The van der Waals surface area contributed by atoms with Gasteiger partial charge in [-0.2, -0.15) is 0 Å². The van der Waals surface area contributed by atoms with Crippen LogP contribution in [-0.4, -0.2) is 8.42 Å². The van der Waals surface area contributed by atoms with Gasteiger partial charge in [-0.05, 0) is 43.7 Å². The molecule has 0 bridgehead atoms. The van der Waals surface area contributed by atoms with E-state index in [1.807, 2.05) is 6.92 Å². The van der Waals surface area contributed by atoms with Crippen molar-refractivity contribution in [1.82, 2.24) is 0 Å². The normalized spacial score (nSPS) is 11.3. The summed E-state index contributed by atoms with van der Waals surface area (Å²) in [6, 6.07) is 8.76. The van der Waals surface area contributed by atoms with Gasteiger partial charge >= 0.3 is 0 Å². The monoisotopic (exact) mass is 294 g/mol. The van der Waals surface area contributed by atoms with Gasteiger partial charge in [-0.3, -0.25) is 4.72 Å². The molecule has 6 heteroatoms. The first-order valence-electron chi connectivity index (χ1n) is 5.95. The average Bonchev–Trinajstić information content (AvgIpc) is 2.32. The third kappa shape index (κ3) is 2.91. The Hall–Kier alpha value is -2.08. The molecule has 0 atom stereocenters. The van der Waals surface area contributed by atoms with Crippen LogP contribution < -0.4 is 10.5 Å². The van der Waals surface area contributed by atoms with Gasteiger partial charge in [-0.15, -0.1) is 0 Å². The predicted octanol–water partition coefficient (Wildman–Crippen LogP) is 2.83. The summed E-state index contributed by atoms with van der Waals surface area (Å²) >= 11 is 0. The largest absolute Gasteiger partial charge is 0.399 e. The third-order valence-electron chi connectivity index (χ3n) is 2.86. The molecular weight excluding hydrogens is 279 g/mol. The van der Waals surface area contributed by atoms with Crippen molar-refractivity contribution in [1.29, 1.82) is 0 Å². The zero-order valence-corrected chi connectivity index (χ0v) is 12.0. The van der Waals surface area contributed by atoms with Crippen LogP contribution >= 0.6 is 0 Å². The lowest BCUT2D eigenvalue weighted by molar-refractivity contribution is 0.598. The quantitative estimate of drug-likeness (QED) is 0.855. The molecule has 2 rings (SSSR count). The van der Waals surface area contributed by atoms with E-state index in [1.165, 1.54) is 18.2 Å². The van der Waals surface area contributed by atoms with Crippen molar-refractivity contribution in [2.75, 3.05) is 10.5 Å². The molecule has 2 aromatic carbocycles. The standard InChI is InChI=1S/C14H15FN2O2S/c1-9-3-6-14(10(2)7-9)20(18,19)17-13-5-4-11(16)8-12(13)15/h3-8,17H,16H2,1-2H3. The summed E-state index contributed by atoms with van der Waals surface area (Å²) in [5.41, 5.74) is 7.10. The fourth-order valence-corrected chi connectivity index (χ4v) is 3.21. The first kappa shape index (κ1) is 14.3. The van der Waals surface area contributed by atoms with Gasteiger partial charge < -0.3 is 5.73 Å². The van der Waals surface area contributed by atoms with Gasteiger partial charge in [0.25, 0.3) is 10.0 Å². The SMILES string of the molecule is Cc1ccc(S(=O)(=O)Nc2ccc(N)cc2F)c(C)c1. The summed E-state index contributed by atoms with van der Waals surface area (Å²) < 4.78 is 40.4. The smallest absolute Gasteiger partial charge is 0.262 e. The lowest BCUT2D eigenvalue weighted by Crippen LogP contribution is -2.15. The minimum atomic E-state index is -3.83. The fourth-order valence-electron chi connectivity index (χ4n) is 1.91. The number of hydrogen-bond acceptors (Lipinski definition) is 3. The second kappa shape index (κ2) is 5.13. The van der Waals surface area contributed by atoms with Gasteiger partial charge in [0, 0.05) is 5.69 Å². The molecule has 106 valence electrons. The van der Waals surface area contributed by atoms with Crippen LogP contribution in [0.2, 0.25) is 0 Å². The Balaban J connectivity index is 2.41. The van der Waals surface area contributed by atoms with E-state index < -0.39 is 15.8 Å². The maximum atomic E-state index is 13.7. The van der Waals surface area contributed by atoms with E-state index in [1.54, 1.807) is 19.1 Å². The van der Waals surface area contributed by atoms with Crippen molar-refractivity contribution in [2.24, 2.45) is 0 Å². The summed E-state index contributed by atoms with van der Waals surface area (Å²) in [5.74, 6) is -0.710. The van der Waals surface area contributed by atoms with Crippen LogP contribution in [0, 0.1) is 19.7 Å². The summed E-state index contributed by atoms with van der Waals surface area (Å²) in [4.78, 5) is 0.124. The first-order chi connectivity index (χ1) is 9.29. The lowest BCUT2D eigenvalue weighted by Gasteiger charge is -2.11. The molecule has 0 radical (unpaired) electrons. The highest BCUT2D eigenvalue weighted by Crippen LogP contribution is 2.23. The molecular formula is C14H15FN2O2S. The Morgan fingerprint density at radius 1 is 1.10 bits per heavy atom. The molecule has 0 saturated carbocycles. The van der Waals surface area contributed by atoms with Crippen molar-refractivity contribution in [3.63, 3.8) is 0 Å². The van der Waals surface area contributed by atoms with Crippen LogP contribution in [0.3, 0.4) is 0 Å². The molecule has 0 fully saturated rings. The number of nitrogens with two attached hydrogens (primary N) is 1. The Bertz CT molecular complexity index is 758. The number of hydrogen-bond donors (Lipinski definition) is 2. The Morgan fingerprint density at radius 2 is 1.80 bits per heavy atom. The maximum absolute atomic E-state index is 13.7. The van der Waals surface area contributed by atoms with Gasteiger partial charge in [-0.1, -0.05) is 17.7 Å². The second-order valence-corrected chi connectivity index (χ2v) is 6.26. The van der Waals surface area contributed by atoms with Gasteiger partial charge in [-0.25, -0.2) is 12.8 Å². The number of anilines is 2. The summed E-state index contributed by atoms with van der Waals surface area (Å²) in [6.07, 6.45) is 0. The molecule has 4 nitrogen and oxygen atoms in total. The predicted molar refractivity (Wildman–Crippen MR) is 77.5 cm³/mol. The molecule has 0 aromatic heterocycles. The third-order valence-corrected chi connectivity index (χ3v) is 4.38. The number of halogens is 1. The molecule has 0 saturated heterocycles. The number of nitrogen functional groups attached to an aromatic ring is 1. The summed E-state index contributed by atoms with van der Waals surface area (Å²) in [5, 5.41) is 0. The number of sulfonamides is 1. The molecule has 0 unspecified atom stereocenters. The number of aryl methyl sites for hydroxylation is 2. The van der Waals surface area contributed by atoms with Crippen LogP contribution in [0.15, 0.2) is 41.3 Å². The lowest BCUT2D eigenvalue weighted by atomic mass is 10.2. The van der Waals surface area contributed by atoms with E-state index in [4.69, 9.17) is 5.73 Å². The van der Waals surface area contributed by atoms with E-state index in [0.717, 1.165) is 11.6 Å². The zero-order chi connectivity index (χ0) is 14.9. The highest BCUT2D eigenvalue weighted by molar-refractivity contribution is 7.92. The van der Waals surface area contributed by atoms with Gasteiger partial charge in [0.1, 0.15) is 5.82 Å². The molecule has 3 N–H and O–H groups in total. The average molecular weight is 294 g/mol. The minimum Gasteiger partial charge on any atom is -0.399 e. The van der Waals surface area contributed by atoms with Gasteiger partial charge in [0.15, 0.2) is 0 Å². The Labute approximate surface area is 117 Å². The van der Waals surface area contributed by atoms with Gasteiger partial charge in [0.2, 0.25) is 0 Å². The van der Waals surface area contributed by atoms with Crippen LogP contribution in [0.1, 0.15) is 11.1 Å². The Kier molecular flexibility index (Phi) is 3.67. The van der Waals surface area contributed by atoms with Crippen molar-refractivity contribution >= 4 is 21.4 Å². The van der Waals surface area contributed by atoms with E-state index in [9.17, 15) is 12.8 Å². The van der Waals surface area contributed by atoms with Crippen molar-refractivity contribution in [3.8, 4) is 0 Å². The highest BCUT2D eigenvalue weighted by Gasteiger charge is 2.18. The van der Waals surface area contributed by atoms with Crippen LogP contribution in [-0.2, 0) is 10.0 Å². The molecule has 0 spiro atoms. The first-order valence-corrected chi connectivity index (χ1v) is 7.43. The van der Waals surface area contributed by atoms with Crippen LogP contribution in [0.5, 0.6) is 0 Å². The van der Waals surface area contributed by atoms with Gasteiger partial charge in [0.05, 0.1) is 10.6 Å². The van der Waals surface area contributed by atoms with Crippen molar-refractivity contribution in [2.45, 2.75) is 18.7 Å². The van der Waals surface area contributed by atoms with E-state index >= 15 is 0 Å². The van der Waals surface area contributed by atoms with E-state index in [0.29, 0.717) is 5.56 Å². The number of rotatable bonds is 3. The highest BCUT2D eigenvalue weighted by atomic mass is 32.2.